The Morgan fingerprint density at radius 1 is 1.23 bits per heavy atom. The average Bonchev–Trinajstić information content (AvgIpc) is 3.43. The lowest BCUT2D eigenvalue weighted by molar-refractivity contribution is -0.137. The van der Waals surface area contributed by atoms with Crippen LogP contribution >= 0.6 is 0 Å². The molecule has 5 rings (SSSR count). The van der Waals surface area contributed by atoms with Crippen LogP contribution in [0.2, 0.25) is 0 Å². The van der Waals surface area contributed by atoms with Crippen LogP contribution in [0.5, 0.6) is 0 Å². The van der Waals surface area contributed by atoms with Gasteiger partial charge in [0, 0.05) is 24.7 Å². The van der Waals surface area contributed by atoms with E-state index in [1.165, 1.54) is 37.8 Å². The number of halogens is 1. The summed E-state index contributed by atoms with van der Waals surface area (Å²) in [5.41, 5.74) is 6.81. The van der Waals surface area contributed by atoms with E-state index in [2.05, 4.69) is 9.88 Å². The Bertz CT molecular complexity index is 967. The number of carbonyl (C=O) groups is 1. The first-order chi connectivity index (χ1) is 14.4. The summed E-state index contributed by atoms with van der Waals surface area (Å²) in [5.74, 6) is 3.07. The van der Waals surface area contributed by atoms with Gasteiger partial charge in [0.1, 0.15) is 23.2 Å². The molecule has 0 saturated heterocycles. The van der Waals surface area contributed by atoms with Crippen LogP contribution in [-0.2, 0) is 16.9 Å². The van der Waals surface area contributed by atoms with Crippen molar-refractivity contribution in [1.29, 1.82) is 0 Å². The van der Waals surface area contributed by atoms with Gasteiger partial charge < -0.3 is 20.5 Å². The molecule has 2 aliphatic carbocycles. The zero-order valence-electron chi connectivity index (χ0n) is 17.7. The maximum atomic E-state index is 13.6. The number of hydrogen-bond acceptors (Lipinski definition) is 4. The lowest BCUT2D eigenvalue weighted by Gasteiger charge is -2.42. The third-order valence-electron chi connectivity index (χ3n) is 7.39. The molecule has 3 atom stereocenters. The van der Waals surface area contributed by atoms with Gasteiger partial charge in [-0.05, 0) is 69.2 Å². The number of nitrogens with zero attached hydrogens (tertiary/aromatic N) is 3. The Balaban J connectivity index is 1.59. The first-order valence-corrected chi connectivity index (χ1v) is 11.0. The highest BCUT2D eigenvalue weighted by Crippen LogP contribution is 2.47. The van der Waals surface area contributed by atoms with E-state index < -0.39 is 5.54 Å². The summed E-state index contributed by atoms with van der Waals surface area (Å²) in [6, 6.07) is 6.97. The van der Waals surface area contributed by atoms with Crippen molar-refractivity contribution >= 4 is 11.7 Å². The fourth-order valence-corrected chi connectivity index (χ4v) is 5.84. The van der Waals surface area contributed by atoms with Crippen molar-refractivity contribution in [2.75, 3.05) is 18.4 Å². The van der Waals surface area contributed by atoms with Gasteiger partial charge in [-0.15, -0.1) is 0 Å². The molecule has 0 unspecified atom stereocenters. The second-order valence-electron chi connectivity index (χ2n) is 9.53. The monoisotopic (exact) mass is 411 g/mol. The first kappa shape index (κ1) is 19.5. The number of fused-ring (bicyclic) bond motifs is 3. The SMILES string of the molecule is CC1(C)c2nc(-c3ccc(F)cc3)c(N[C@@H]3C[C@H]4CC[C@@H]3C4)n2CCN1C(=O)CN. The largest absolute Gasteiger partial charge is 0.367 e. The van der Waals surface area contributed by atoms with Crippen LogP contribution in [0.3, 0.4) is 0 Å². The lowest BCUT2D eigenvalue weighted by Crippen LogP contribution is -2.53. The molecule has 2 saturated carbocycles. The summed E-state index contributed by atoms with van der Waals surface area (Å²) in [5, 5.41) is 3.84. The van der Waals surface area contributed by atoms with E-state index >= 15 is 0 Å². The van der Waals surface area contributed by atoms with Gasteiger partial charge in [-0.3, -0.25) is 4.79 Å². The normalized spacial score (nSPS) is 26.7. The molecule has 1 amide bonds. The van der Waals surface area contributed by atoms with Gasteiger partial charge in [-0.2, -0.15) is 0 Å². The molecule has 3 N–H and O–H groups in total. The van der Waals surface area contributed by atoms with E-state index in [9.17, 15) is 9.18 Å². The standard InChI is InChI=1S/C23H30FN5O/c1-23(2)22-27-20(15-5-7-17(24)8-6-15)21(26-18-12-14-3-4-16(18)11-14)28(22)9-10-29(23)19(30)13-25/h5-8,14,16,18,26H,3-4,9-13,25H2,1-2H3/t14-,16+,18+/m0/s1. The zero-order valence-corrected chi connectivity index (χ0v) is 17.7. The van der Waals surface area contributed by atoms with Crippen LogP contribution in [0.25, 0.3) is 11.3 Å². The van der Waals surface area contributed by atoms with Crippen molar-refractivity contribution in [3.8, 4) is 11.3 Å². The van der Waals surface area contributed by atoms with E-state index in [1.807, 2.05) is 18.7 Å². The number of nitrogens with one attached hydrogen (secondary N) is 1. The molecular formula is C23H30FN5O. The number of anilines is 1. The van der Waals surface area contributed by atoms with Crippen LogP contribution in [0, 0.1) is 17.7 Å². The summed E-state index contributed by atoms with van der Waals surface area (Å²) < 4.78 is 15.8. The van der Waals surface area contributed by atoms with Gasteiger partial charge >= 0.3 is 0 Å². The molecular weight excluding hydrogens is 381 g/mol. The highest BCUT2D eigenvalue weighted by molar-refractivity contribution is 5.80. The van der Waals surface area contributed by atoms with Crippen LogP contribution in [0.15, 0.2) is 24.3 Å². The molecule has 6 nitrogen and oxygen atoms in total. The van der Waals surface area contributed by atoms with Crippen molar-refractivity contribution in [3.05, 3.63) is 35.9 Å². The maximum absolute atomic E-state index is 13.6. The van der Waals surface area contributed by atoms with Crippen LogP contribution < -0.4 is 11.1 Å². The number of amides is 1. The lowest BCUT2D eigenvalue weighted by atomic mass is 9.95. The zero-order chi connectivity index (χ0) is 21.0. The number of benzene rings is 1. The van der Waals surface area contributed by atoms with Gasteiger partial charge in [-0.25, -0.2) is 9.37 Å². The van der Waals surface area contributed by atoms with Crippen LogP contribution in [-0.4, -0.2) is 39.5 Å². The summed E-state index contributed by atoms with van der Waals surface area (Å²) in [6.07, 6.45) is 5.16. The molecule has 1 aromatic carbocycles. The van der Waals surface area contributed by atoms with E-state index in [-0.39, 0.29) is 18.3 Å². The summed E-state index contributed by atoms with van der Waals surface area (Å²) in [7, 11) is 0. The third kappa shape index (κ3) is 3.02. The van der Waals surface area contributed by atoms with Crippen molar-refractivity contribution in [2.24, 2.45) is 17.6 Å². The number of imidazole rings is 1. The molecule has 3 aliphatic rings. The molecule has 1 aromatic heterocycles. The van der Waals surface area contributed by atoms with Crippen molar-refractivity contribution in [1.82, 2.24) is 14.5 Å². The Kier molecular flexibility index (Phi) is 4.61. The van der Waals surface area contributed by atoms with E-state index in [4.69, 9.17) is 10.7 Å². The Labute approximate surface area is 176 Å². The van der Waals surface area contributed by atoms with Crippen molar-refractivity contribution in [3.63, 3.8) is 0 Å². The molecule has 2 aromatic rings. The van der Waals surface area contributed by atoms with Gasteiger partial charge in [0.25, 0.3) is 0 Å². The van der Waals surface area contributed by atoms with Crippen molar-refractivity contribution in [2.45, 2.75) is 57.7 Å². The second-order valence-corrected chi connectivity index (χ2v) is 9.53. The minimum Gasteiger partial charge on any atom is -0.367 e. The predicted molar refractivity (Wildman–Crippen MR) is 114 cm³/mol. The number of nitrogens with two attached hydrogens (primary N) is 1. The molecule has 2 fully saturated rings. The fraction of sp³-hybridized carbons (Fsp3) is 0.565. The molecule has 30 heavy (non-hydrogen) atoms. The molecule has 160 valence electrons. The van der Waals surface area contributed by atoms with Gasteiger partial charge in [0.2, 0.25) is 5.91 Å². The smallest absolute Gasteiger partial charge is 0.237 e. The molecule has 0 radical (unpaired) electrons. The van der Waals surface area contributed by atoms with E-state index in [1.54, 1.807) is 12.1 Å². The quantitative estimate of drug-likeness (QED) is 0.809. The topological polar surface area (TPSA) is 76.2 Å². The van der Waals surface area contributed by atoms with Gasteiger partial charge in [0.05, 0.1) is 12.1 Å². The Morgan fingerprint density at radius 2 is 2.00 bits per heavy atom. The summed E-state index contributed by atoms with van der Waals surface area (Å²) in [6.45, 7) is 5.30. The third-order valence-corrected chi connectivity index (χ3v) is 7.39. The molecule has 2 bridgehead atoms. The van der Waals surface area contributed by atoms with Crippen molar-refractivity contribution < 1.29 is 9.18 Å². The summed E-state index contributed by atoms with van der Waals surface area (Å²) >= 11 is 0. The number of carbonyl (C=O) groups excluding carboxylic acids is 1. The number of rotatable bonds is 4. The predicted octanol–water partition coefficient (Wildman–Crippen LogP) is 3.33. The molecule has 0 spiro atoms. The summed E-state index contributed by atoms with van der Waals surface area (Å²) in [4.78, 5) is 19.3. The number of aromatic nitrogens is 2. The number of hydrogen-bond donors (Lipinski definition) is 2. The molecule has 7 heteroatoms. The highest BCUT2D eigenvalue weighted by atomic mass is 19.1. The van der Waals surface area contributed by atoms with Crippen LogP contribution in [0.4, 0.5) is 10.2 Å². The average molecular weight is 412 g/mol. The van der Waals surface area contributed by atoms with E-state index in [0.29, 0.717) is 25.0 Å². The second kappa shape index (κ2) is 7.08. The molecule has 2 heterocycles. The fourth-order valence-electron chi connectivity index (χ4n) is 5.84. The maximum Gasteiger partial charge on any atom is 0.237 e. The molecule has 1 aliphatic heterocycles. The minimum absolute atomic E-state index is 0.00872. The first-order valence-electron chi connectivity index (χ1n) is 11.0. The van der Waals surface area contributed by atoms with Gasteiger partial charge in [0.15, 0.2) is 0 Å². The minimum atomic E-state index is -0.571. The highest BCUT2D eigenvalue weighted by Gasteiger charge is 2.43. The van der Waals surface area contributed by atoms with E-state index in [0.717, 1.165) is 28.8 Å². The Hall–Kier alpha value is -2.41. The van der Waals surface area contributed by atoms with Crippen LogP contribution in [0.1, 0.15) is 45.4 Å². The Morgan fingerprint density at radius 3 is 2.63 bits per heavy atom. The van der Waals surface area contributed by atoms with Gasteiger partial charge in [-0.1, -0.05) is 6.42 Å².